The van der Waals surface area contributed by atoms with Gasteiger partial charge in [0.1, 0.15) is 5.65 Å². The molecular weight excluding hydrogens is 374 g/mol. The number of H-pyrrole nitrogens is 1. The van der Waals surface area contributed by atoms with E-state index in [9.17, 15) is 0 Å². The van der Waals surface area contributed by atoms with E-state index in [2.05, 4.69) is 44.6 Å². The summed E-state index contributed by atoms with van der Waals surface area (Å²) in [5.41, 5.74) is 12.0. The lowest BCUT2D eigenvalue weighted by atomic mass is 9.74. The van der Waals surface area contributed by atoms with E-state index in [1.54, 1.807) is 0 Å². The Kier molecular flexibility index (Phi) is 3.90. The van der Waals surface area contributed by atoms with E-state index in [1.165, 1.54) is 19.3 Å². The summed E-state index contributed by atoms with van der Waals surface area (Å²) in [7, 11) is 0. The van der Waals surface area contributed by atoms with Gasteiger partial charge < -0.3 is 10.6 Å². The Morgan fingerprint density at radius 3 is 2.87 bits per heavy atom. The molecule has 2 fully saturated rings. The number of hydrogen-bond acceptors (Lipinski definition) is 5. The number of imidazole rings is 1. The zero-order valence-electron chi connectivity index (χ0n) is 17.3. The quantitative estimate of drug-likeness (QED) is 0.535. The molecule has 30 heavy (non-hydrogen) atoms. The summed E-state index contributed by atoms with van der Waals surface area (Å²) in [6.07, 6.45) is 11.8. The predicted octanol–water partition coefficient (Wildman–Crippen LogP) is 3.68. The van der Waals surface area contributed by atoms with Gasteiger partial charge in [-0.3, -0.25) is 9.50 Å². The fraction of sp³-hybridized carbons (Fsp3) is 0.435. The normalized spacial score (nSPS) is 21.3. The number of fused-ring (bicyclic) bond motifs is 2. The van der Waals surface area contributed by atoms with Gasteiger partial charge in [-0.15, -0.1) is 0 Å². The first-order valence-corrected chi connectivity index (χ1v) is 10.9. The highest BCUT2D eigenvalue weighted by Crippen LogP contribution is 2.46. The molecule has 1 aromatic carbocycles. The number of benzene rings is 1. The van der Waals surface area contributed by atoms with Gasteiger partial charge in [-0.1, -0.05) is 18.6 Å². The number of nitrogens with one attached hydrogen (secondary N) is 1. The summed E-state index contributed by atoms with van der Waals surface area (Å²) in [5, 5.41) is 8.31. The highest BCUT2D eigenvalue weighted by molar-refractivity contribution is 5.88. The van der Waals surface area contributed by atoms with Gasteiger partial charge in [0.2, 0.25) is 5.95 Å². The molecule has 1 spiro atoms. The fourth-order valence-corrected chi connectivity index (χ4v) is 5.66. The van der Waals surface area contributed by atoms with Crippen LogP contribution in [0.15, 0.2) is 36.8 Å². The highest BCUT2D eigenvalue weighted by atomic mass is 15.3. The van der Waals surface area contributed by atoms with Crippen molar-refractivity contribution in [2.24, 2.45) is 11.1 Å². The van der Waals surface area contributed by atoms with Gasteiger partial charge in [-0.25, -0.2) is 9.97 Å². The summed E-state index contributed by atoms with van der Waals surface area (Å²) in [5.74, 6) is 0.993. The van der Waals surface area contributed by atoms with Crippen molar-refractivity contribution in [1.82, 2.24) is 24.6 Å². The number of nitrogens with two attached hydrogens (primary N) is 1. The molecule has 0 radical (unpaired) electrons. The largest absolute Gasteiger partial charge is 0.342 e. The Labute approximate surface area is 175 Å². The van der Waals surface area contributed by atoms with Crippen LogP contribution < -0.4 is 10.6 Å². The molecule has 7 heteroatoms. The topological polar surface area (TPSA) is 88.1 Å². The molecule has 1 saturated heterocycles. The third kappa shape index (κ3) is 2.58. The zero-order valence-corrected chi connectivity index (χ0v) is 17.3. The number of rotatable bonds is 2. The van der Waals surface area contributed by atoms with Crippen molar-refractivity contribution in [1.29, 1.82) is 0 Å². The molecule has 0 unspecified atom stereocenters. The Hall–Kier alpha value is -2.93. The lowest BCUT2D eigenvalue weighted by Crippen LogP contribution is -2.47. The third-order valence-electron chi connectivity index (χ3n) is 7.46. The Balaban J connectivity index is 1.39. The van der Waals surface area contributed by atoms with Gasteiger partial charge in [0.05, 0.1) is 17.4 Å². The van der Waals surface area contributed by atoms with E-state index in [0.717, 1.165) is 65.3 Å². The number of aromatic amines is 1. The summed E-state index contributed by atoms with van der Waals surface area (Å²) in [6, 6.07) is 6.72. The van der Waals surface area contributed by atoms with E-state index < -0.39 is 0 Å². The van der Waals surface area contributed by atoms with Crippen LogP contribution >= 0.6 is 0 Å². The number of anilines is 1. The summed E-state index contributed by atoms with van der Waals surface area (Å²) < 4.78 is 2.14. The fourth-order valence-electron chi connectivity index (χ4n) is 5.66. The molecule has 1 aliphatic heterocycles. The molecule has 1 aliphatic carbocycles. The van der Waals surface area contributed by atoms with Crippen molar-refractivity contribution in [3.63, 3.8) is 0 Å². The van der Waals surface area contributed by atoms with Crippen molar-refractivity contribution in [2.45, 2.75) is 45.1 Å². The van der Waals surface area contributed by atoms with Gasteiger partial charge in [-0.05, 0) is 49.7 Å². The van der Waals surface area contributed by atoms with Crippen LogP contribution in [0, 0.1) is 12.3 Å². The average molecular weight is 402 g/mol. The van der Waals surface area contributed by atoms with Gasteiger partial charge >= 0.3 is 0 Å². The van der Waals surface area contributed by atoms with Crippen LogP contribution in [-0.4, -0.2) is 43.7 Å². The predicted molar refractivity (Wildman–Crippen MR) is 119 cm³/mol. The number of aromatic nitrogens is 5. The number of aryl methyl sites for hydroxylation is 1. The molecule has 3 aromatic heterocycles. The molecule has 2 aliphatic rings. The van der Waals surface area contributed by atoms with Crippen LogP contribution in [-0.2, 0) is 0 Å². The lowest BCUT2D eigenvalue weighted by Gasteiger charge is -2.42. The van der Waals surface area contributed by atoms with Crippen LogP contribution in [0.4, 0.5) is 5.95 Å². The summed E-state index contributed by atoms with van der Waals surface area (Å²) in [6.45, 7) is 4.10. The number of piperidine rings is 1. The Morgan fingerprint density at radius 2 is 2.07 bits per heavy atom. The first-order chi connectivity index (χ1) is 14.6. The van der Waals surface area contributed by atoms with Gasteiger partial charge in [0.15, 0.2) is 0 Å². The SMILES string of the molecule is Cc1nc(N2CCC3(CCC[C@H]3N)CC2)n2ccnc2c1-c1ccc2cn[nH]c2c1. The maximum atomic E-state index is 6.49. The standard InChI is InChI=1S/C23H27N7/c1-15-20(16-4-5-17-14-26-28-18(17)13-16)21-25-9-12-30(21)22(27-15)29-10-7-23(8-11-29)6-2-3-19(23)24/h4-5,9,12-14,19H,2-3,6-8,10-11,24H2,1H3,(H,26,28)/t19-/m1/s1. The maximum absolute atomic E-state index is 6.49. The zero-order chi connectivity index (χ0) is 20.3. The first kappa shape index (κ1) is 17.9. The smallest absolute Gasteiger partial charge is 0.211 e. The molecule has 1 atom stereocenters. The molecule has 3 N–H and O–H groups in total. The molecule has 154 valence electrons. The van der Waals surface area contributed by atoms with E-state index in [0.29, 0.717) is 11.5 Å². The van der Waals surface area contributed by atoms with Gasteiger partial charge in [0.25, 0.3) is 0 Å². The molecule has 0 bridgehead atoms. The Bertz CT molecular complexity index is 1230. The molecular formula is C23H27N7. The van der Waals surface area contributed by atoms with Crippen molar-refractivity contribution in [2.75, 3.05) is 18.0 Å². The second-order valence-corrected chi connectivity index (χ2v) is 9.01. The maximum Gasteiger partial charge on any atom is 0.211 e. The third-order valence-corrected chi connectivity index (χ3v) is 7.46. The van der Waals surface area contributed by atoms with Crippen molar-refractivity contribution < 1.29 is 0 Å². The summed E-state index contributed by atoms with van der Waals surface area (Å²) in [4.78, 5) is 12.2. The summed E-state index contributed by atoms with van der Waals surface area (Å²) >= 11 is 0. The minimum absolute atomic E-state index is 0.346. The van der Waals surface area contributed by atoms with Crippen LogP contribution in [0.25, 0.3) is 27.7 Å². The van der Waals surface area contributed by atoms with E-state index >= 15 is 0 Å². The van der Waals surface area contributed by atoms with Crippen LogP contribution in [0.2, 0.25) is 0 Å². The Morgan fingerprint density at radius 1 is 1.20 bits per heavy atom. The minimum atomic E-state index is 0.346. The highest BCUT2D eigenvalue weighted by Gasteiger charge is 2.43. The van der Waals surface area contributed by atoms with Gasteiger partial charge in [0, 0.05) is 42.5 Å². The number of hydrogen-bond donors (Lipinski definition) is 2. The lowest BCUT2D eigenvalue weighted by molar-refractivity contribution is 0.197. The monoisotopic (exact) mass is 401 g/mol. The van der Waals surface area contributed by atoms with Crippen LogP contribution in [0.5, 0.6) is 0 Å². The number of nitrogens with zero attached hydrogens (tertiary/aromatic N) is 5. The van der Waals surface area contributed by atoms with Crippen molar-refractivity contribution in [3.8, 4) is 11.1 Å². The molecule has 7 nitrogen and oxygen atoms in total. The second-order valence-electron chi connectivity index (χ2n) is 9.01. The van der Waals surface area contributed by atoms with Crippen molar-refractivity contribution >= 4 is 22.5 Å². The molecule has 4 heterocycles. The molecule has 4 aromatic rings. The molecule has 1 saturated carbocycles. The molecule has 0 amide bonds. The van der Waals surface area contributed by atoms with E-state index in [1.807, 2.05) is 18.6 Å². The second kappa shape index (κ2) is 6.54. The minimum Gasteiger partial charge on any atom is -0.342 e. The van der Waals surface area contributed by atoms with Crippen molar-refractivity contribution in [3.05, 3.63) is 42.5 Å². The average Bonchev–Trinajstić information content (AvgIpc) is 3.49. The first-order valence-electron chi connectivity index (χ1n) is 10.9. The van der Waals surface area contributed by atoms with E-state index in [4.69, 9.17) is 15.7 Å². The molecule has 6 rings (SSSR count). The van der Waals surface area contributed by atoms with E-state index in [-0.39, 0.29) is 0 Å². The van der Waals surface area contributed by atoms with Gasteiger partial charge in [-0.2, -0.15) is 5.10 Å². The van der Waals surface area contributed by atoms with Crippen LogP contribution in [0.1, 0.15) is 37.8 Å². The van der Waals surface area contributed by atoms with Crippen LogP contribution in [0.3, 0.4) is 0 Å².